The maximum absolute atomic E-state index is 13.5. The molecule has 1 aromatic heterocycles. The van der Waals surface area contributed by atoms with Crippen LogP contribution >= 0.6 is 0 Å². The van der Waals surface area contributed by atoms with Crippen molar-refractivity contribution in [3.63, 3.8) is 0 Å². The molecule has 0 bridgehead atoms. The number of nitrogens with one attached hydrogen (secondary N) is 1. The second-order valence-electron chi connectivity index (χ2n) is 8.97. The first kappa shape index (κ1) is 24.3. The van der Waals surface area contributed by atoms with Gasteiger partial charge in [0, 0.05) is 12.7 Å². The van der Waals surface area contributed by atoms with Crippen LogP contribution in [0.1, 0.15) is 31.9 Å². The highest BCUT2D eigenvalue weighted by Gasteiger charge is 2.57. The molecule has 2 atom stereocenters. The van der Waals surface area contributed by atoms with Crippen molar-refractivity contribution >= 4 is 17.6 Å². The normalized spacial score (nSPS) is 14.7. The number of likely N-dealkylation sites (N-methyl/N-ethyl adjacent to an activating group) is 1. The Morgan fingerprint density at radius 3 is 2.13 bits per heavy atom. The number of amides is 2. The van der Waals surface area contributed by atoms with Crippen molar-refractivity contribution in [3.8, 4) is 0 Å². The number of rotatable bonds is 8. The van der Waals surface area contributed by atoms with E-state index in [9.17, 15) is 14.0 Å². The van der Waals surface area contributed by atoms with Crippen molar-refractivity contribution in [3.05, 3.63) is 59.5 Å². The molecule has 0 spiro atoms. The summed E-state index contributed by atoms with van der Waals surface area (Å²) in [5.74, 6) is -1.74. The quantitative estimate of drug-likeness (QED) is 0.595. The van der Waals surface area contributed by atoms with E-state index in [1.54, 1.807) is 49.5 Å². The third-order valence-corrected chi connectivity index (χ3v) is 5.71. The number of nitrogens with two attached hydrogens (primary N) is 2. The molecule has 0 aliphatic carbocycles. The van der Waals surface area contributed by atoms with Gasteiger partial charge >= 0.3 is 0 Å². The largest absolute Gasteiger partial charge is 0.384 e. The SMILES string of the molecule is CN(C)C(C(N)=O)([C@H](Cc1ccc(F)cc1)C(=O)NCc1ccc(N)nc1)C(C)(C)C. The van der Waals surface area contributed by atoms with E-state index in [-0.39, 0.29) is 24.7 Å². The van der Waals surface area contributed by atoms with Crippen molar-refractivity contribution in [1.82, 2.24) is 15.2 Å². The van der Waals surface area contributed by atoms with Gasteiger partial charge in [-0.2, -0.15) is 0 Å². The van der Waals surface area contributed by atoms with E-state index in [1.165, 1.54) is 12.1 Å². The van der Waals surface area contributed by atoms with E-state index in [4.69, 9.17) is 11.5 Å². The highest BCUT2D eigenvalue weighted by atomic mass is 19.1. The maximum Gasteiger partial charge on any atom is 0.239 e. The van der Waals surface area contributed by atoms with Gasteiger partial charge in [-0.05, 0) is 55.3 Å². The zero-order valence-corrected chi connectivity index (χ0v) is 18.8. The molecular weight excluding hydrogens is 397 g/mol. The minimum absolute atomic E-state index is 0.213. The second-order valence-corrected chi connectivity index (χ2v) is 8.97. The molecular formula is C23H32FN5O2. The summed E-state index contributed by atoms with van der Waals surface area (Å²) in [4.78, 5) is 32.2. The van der Waals surface area contributed by atoms with Gasteiger partial charge in [-0.1, -0.05) is 39.0 Å². The molecule has 1 unspecified atom stereocenters. The molecule has 2 amide bonds. The van der Waals surface area contributed by atoms with Gasteiger partial charge in [0.05, 0.1) is 5.92 Å². The number of aromatic nitrogens is 1. The van der Waals surface area contributed by atoms with Crippen LogP contribution in [0.4, 0.5) is 10.2 Å². The third-order valence-electron chi connectivity index (χ3n) is 5.71. The summed E-state index contributed by atoms with van der Waals surface area (Å²) >= 11 is 0. The summed E-state index contributed by atoms with van der Waals surface area (Å²) < 4.78 is 13.4. The summed E-state index contributed by atoms with van der Waals surface area (Å²) in [7, 11) is 3.48. The Hall–Kier alpha value is -3.00. The lowest BCUT2D eigenvalue weighted by molar-refractivity contribution is -0.151. The van der Waals surface area contributed by atoms with E-state index in [2.05, 4.69) is 10.3 Å². The Kier molecular flexibility index (Phi) is 7.38. The van der Waals surface area contributed by atoms with Gasteiger partial charge in [0.1, 0.15) is 17.2 Å². The van der Waals surface area contributed by atoms with E-state index in [1.807, 2.05) is 20.8 Å². The van der Waals surface area contributed by atoms with Crippen molar-refractivity contribution in [2.24, 2.45) is 17.1 Å². The van der Waals surface area contributed by atoms with Gasteiger partial charge in [0.2, 0.25) is 11.8 Å². The molecule has 0 aliphatic heterocycles. The zero-order chi connectivity index (χ0) is 23.4. The highest BCUT2D eigenvalue weighted by molar-refractivity contribution is 5.94. The van der Waals surface area contributed by atoms with E-state index in [0.29, 0.717) is 5.82 Å². The Bertz CT molecular complexity index is 907. The molecule has 0 aliphatic rings. The van der Waals surface area contributed by atoms with Crippen LogP contribution in [-0.4, -0.2) is 41.3 Å². The van der Waals surface area contributed by atoms with E-state index in [0.717, 1.165) is 11.1 Å². The summed E-state index contributed by atoms with van der Waals surface area (Å²) in [6.07, 6.45) is 1.80. The highest BCUT2D eigenvalue weighted by Crippen LogP contribution is 2.42. The Balaban J connectivity index is 2.46. The Labute approximate surface area is 183 Å². The van der Waals surface area contributed by atoms with Crippen LogP contribution < -0.4 is 16.8 Å². The molecule has 0 fully saturated rings. The fourth-order valence-corrected chi connectivity index (χ4v) is 4.41. The van der Waals surface area contributed by atoms with Crippen LogP contribution in [0.5, 0.6) is 0 Å². The number of halogens is 1. The first-order valence-electron chi connectivity index (χ1n) is 10.1. The zero-order valence-electron chi connectivity index (χ0n) is 18.8. The first-order chi connectivity index (χ1) is 14.4. The molecule has 0 saturated carbocycles. The summed E-state index contributed by atoms with van der Waals surface area (Å²) in [5, 5.41) is 2.91. The fourth-order valence-electron chi connectivity index (χ4n) is 4.41. The molecule has 0 saturated heterocycles. The lowest BCUT2D eigenvalue weighted by atomic mass is 9.62. The number of primary amides is 1. The average molecular weight is 430 g/mol. The number of nitrogens with zero attached hydrogens (tertiary/aromatic N) is 2. The number of benzene rings is 1. The van der Waals surface area contributed by atoms with Gasteiger partial charge in [-0.25, -0.2) is 9.37 Å². The van der Waals surface area contributed by atoms with Crippen LogP contribution in [0.25, 0.3) is 0 Å². The molecule has 2 rings (SSSR count). The fraction of sp³-hybridized carbons (Fsp3) is 0.435. The van der Waals surface area contributed by atoms with E-state index >= 15 is 0 Å². The van der Waals surface area contributed by atoms with Crippen molar-refractivity contribution in [2.45, 2.75) is 39.3 Å². The summed E-state index contributed by atoms with van der Waals surface area (Å²) in [6, 6.07) is 9.33. The topological polar surface area (TPSA) is 114 Å². The predicted octanol–water partition coefficient (Wildman–Crippen LogP) is 2.11. The Morgan fingerprint density at radius 2 is 1.68 bits per heavy atom. The van der Waals surface area contributed by atoms with Crippen LogP contribution in [0.15, 0.2) is 42.6 Å². The smallest absolute Gasteiger partial charge is 0.239 e. The van der Waals surface area contributed by atoms with Crippen LogP contribution in [0.3, 0.4) is 0 Å². The standard InChI is InChI=1S/C23H32FN5O2/c1-22(2,3)23(21(26)31,29(4)5)18(12-15-6-9-17(24)10-7-15)20(30)28-14-16-8-11-19(25)27-13-16/h6-11,13,18H,12,14H2,1-5H3,(H2,25,27)(H2,26,31)(H,28,30)/t18-,23?/m1/s1. The number of carbonyl (C=O) groups excluding carboxylic acids is 2. The molecule has 8 heteroatoms. The number of hydrogen-bond donors (Lipinski definition) is 3. The van der Waals surface area contributed by atoms with Gasteiger partial charge in [0.15, 0.2) is 0 Å². The maximum atomic E-state index is 13.5. The van der Waals surface area contributed by atoms with Crippen LogP contribution in [-0.2, 0) is 22.6 Å². The molecule has 1 heterocycles. The van der Waals surface area contributed by atoms with Crippen molar-refractivity contribution in [1.29, 1.82) is 0 Å². The molecule has 5 N–H and O–H groups in total. The van der Waals surface area contributed by atoms with E-state index < -0.39 is 22.8 Å². The van der Waals surface area contributed by atoms with Crippen LogP contribution in [0, 0.1) is 17.2 Å². The van der Waals surface area contributed by atoms with Gasteiger partial charge in [-0.15, -0.1) is 0 Å². The molecule has 2 aromatic rings. The predicted molar refractivity (Wildman–Crippen MR) is 119 cm³/mol. The molecule has 168 valence electrons. The number of anilines is 1. The number of pyridine rings is 1. The lowest BCUT2D eigenvalue weighted by Gasteiger charge is -2.51. The second kappa shape index (κ2) is 9.43. The third kappa shape index (κ3) is 5.19. The van der Waals surface area contributed by atoms with Crippen molar-refractivity contribution < 1.29 is 14.0 Å². The monoisotopic (exact) mass is 429 g/mol. The van der Waals surface area contributed by atoms with Gasteiger partial charge in [-0.3, -0.25) is 14.5 Å². The Morgan fingerprint density at radius 1 is 1.10 bits per heavy atom. The van der Waals surface area contributed by atoms with Gasteiger partial charge < -0.3 is 16.8 Å². The van der Waals surface area contributed by atoms with Gasteiger partial charge in [0.25, 0.3) is 0 Å². The molecule has 7 nitrogen and oxygen atoms in total. The minimum Gasteiger partial charge on any atom is -0.384 e. The molecule has 1 aromatic carbocycles. The lowest BCUT2D eigenvalue weighted by Crippen LogP contribution is -2.69. The number of hydrogen-bond acceptors (Lipinski definition) is 5. The summed E-state index contributed by atoms with van der Waals surface area (Å²) in [6.45, 7) is 5.87. The molecule has 31 heavy (non-hydrogen) atoms. The van der Waals surface area contributed by atoms with Crippen molar-refractivity contribution in [2.75, 3.05) is 19.8 Å². The summed E-state index contributed by atoms with van der Waals surface area (Å²) in [5.41, 5.74) is 11.1. The number of nitrogen functional groups attached to an aromatic ring is 1. The minimum atomic E-state index is -1.30. The first-order valence-corrected chi connectivity index (χ1v) is 10.1. The van der Waals surface area contributed by atoms with Crippen LogP contribution in [0.2, 0.25) is 0 Å². The molecule has 0 radical (unpaired) electrons. The average Bonchev–Trinajstić information content (AvgIpc) is 2.67. The number of carbonyl (C=O) groups is 2.